The van der Waals surface area contributed by atoms with Gasteiger partial charge in [0.25, 0.3) is 5.56 Å². The number of nitrogens with two attached hydrogens (primary N) is 4. The molecule has 66 heavy (non-hydrogen) atoms. The molecule has 0 aromatic carbocycles. The normalized spacial score (nSPS) is 9.05. The molecule has 0 spiro atoms. The van der Waals surface area contributed by atoms with Crippen molar-refractivity contribution in [3.05, 3.63) is 123 Å². The van der Waals surface area contributed by atoms with Gasteiger partial charge in [0.15, 0.2) is 16.9 Å². The Kier molecular flexibility index (Phi) is 54.1. The van der Waals surface area contributed by atoms with Crippen LogP contribution in [0.3, 0.4) is 0 Å². The third-order valence-corrected chi connectivity index (χ3v) is 7.63. The van der Waals surface area contributed by atoms with Crippen LogP contribution < -0.4 is 28.5 Å². The molecular weight excluding hydrogens is 1180 g/mol. The standard InChI is InChI=1S/C10H11N3.C9H8ClN3.C9H9N3O.C9H9N3.CH4.8Ar.Cl3OP.ClH/c1-6-3-4-8-9(11)5-7(2)13-10(8)12-6;1-5-2-3-6-7(11)4-8(10)13-9(6)12-5;1-5-2-3-6-7(10)4-8(13)12-9(6)11-5;1-6-2-3-7-8(10)4-5-11-9(7)12-6;;;;;;;;;;1-5(2,3)4;/h3-5H,1-2H3,(H2,11,12,13);2-4H,1H3,(H2,11,12,13);2-4H,1H3,(H3,10,11,12,13);2-5H,1H3,(H2,10,11,12);1H4;;;;;;;;;;1H. The van der Waals surface area contributed by atoms with E-state index in [0.29, 0.717) is 27.8 Å². The zero-order valence-corrected chi connectivity index (χ0v) is 44.3. The van der Waals surface area contributed by atoms with Gasteiger partial charge in [-0.2, -0.15) is 0 Å². The van der Waals surface area contributed by atoms with Crippen molar-refractivity contribution in [2.24, 2.45) is 0 Å². The molecule has 0 unspecified atom stereocenters. The maximum atomic E-state index is 11.0. The molecule has 9 N–H and O–H groups in total. The minimum absolute atomic E-state index is 0. The Balaban J connectivity index is -0.000000130. The average Bonchev–Trinajstić information content (AvgIpc) is 3.07. The smallest absolute Gasteiger partial charge is 0.339 e. The topological polar surface area (TPSA) is 244 Å². The first kappa shape index (κ1) is 84.9. The summed E-state index contributed by atoms with van der Waals surface area (Å²) in [6, 6.07) is 21.9. The number of aromatic nitrogens is 8. The van der Waals surface area contributed by atoms with Crippen LogP contribution in [0.5, 0.6) is 0 Å². The second kappa shape index (κ2) is 42.1. The van der Waals surface area contributed by atoms with Crippen LogP contribution >= 0.6 is 62.9 Å². The number of aromatic amines is 1. The van der Waals surface area contributed by atoms with Gasteiger partial charge in [0.2, 0.25) is 0 Å². The number of H-pyrrole nitrogens is 1. The molecule has 0 atom stereocenters. The minimum atomic E-state index is -3.22. The van der Waals surface area contributed by atoms with E-state index >= 15 is 0 Å². The van der Waals surface area contributed by atoms with Gasteiger partial charge in [-0.05, 0) is 135 Å². The van der Waals surface area contributed by atoms with Crippen LogP contribution in [0.25, 0.3) is 44.1 Å². The first-order chi connectivity index (χ1) is 26.3. The molecule has 0 amide bonds. The number of fused-ring (bicyclic) bond motifs is 4. The summed E-state index contributed by atoms with van der Waals surface area (Å²) in [6.07, 6.45) is 1.67. The Morgan fingerprint density at radius 3 is 1.30 bits per heavy atom. The van der Waals surface area contributed by atoms with Gasteiger partial charge in [-0.1, -0.05) is 19.0 Å². The fourth-order valence-corrected chi connectivity index (χ4v) is 5.15. The number of nitrogens with zero attached hydrogens (tertiary/aromatic N) is 7. The summed E-state index contributed by atoms with van der Waals surface area (Å²) >= 11 is 19.6. The molecular formula is C38H42Ar8Cl5N12O2P. The third-order valence-electron chi connectivity index (χ3n) is 7.43. The first-order valence-electron chi connectivity index (χ1n) is 16.4. The number of nitrogen functional groups attached to an aromatic ring is 4. The largest absolute Gasteiger partial charge is 0.398 e. The summed E-state index contributed by atoms with van der Waals surface area (Å²) in [5, 5.41) is 0.627. The molecule has 8 rings (SSSR count). The van der Waals surface area contributed by atoms with Crippen LogP contribution in [0.15, 0.2) is 83.8 Å². The summed E-state index contributed by atoms with van der Waals surface area (Å²) in [7, 11) is 0. The van der Waals surface area contributed by atoms with Gasteiger partial charge in [0.1, 0.15) is 10.8 Å². The van der Waals surface area contributed by atoms with E-state index in [9.17, 15) is 9.36 Å². The molecule has 0 aliphatic rings. The second-order valence-electron chi connectivity index (χ2n) is 12.1. The summed E-state index contributed by atoms with van der Waals surface area (Å²) < 4.78 is 9.51. The Hall–Kier alpha value is 5.00. The molecule has 0 saturated carbocycles. The molecule has 8 heterocycles. The fourth-order valence-electron chi connectivity index (χ4n) is 4.95. The predicted molar refractivity (Wildman–Crippen MR) is 246 cm³/mol. The monoisotopic (exact) mass is 1220 g/mol. The van der Waals surface area contributed by atoms with Gasteiger partial charge in [-0.25, -0.2) is 34.9 Å². The van der Waals surface area contributed by atoms with Gasteiger partial charge < -0.3 is 27.9 Å². The Bertz CT molecular complexity index is 2720. The quantitative estimate of drug-likeness (QED) is 0.0702. The molecule has 14 nitrogen and oxygen atoms in total. The number of nitrogens with one attached hydrogen (secondary N) is 1. The van der Waals surface area contributed by atoms with Crippen molar-refractivity contribution in [1.82, 2.24) is 39.9 Å². The van der Waals surface area contributed by atoms with Crippen LogP contribution in [0.2, 0.25) is 5.15 Å². The zero-order chi connectivity index (χ0) is 41.3. The van der Waals surface area contributed by atoms with Crippen LogP contribution in [0.1, 0.15) is 35.9 Å². The Morgan fingerprint density at radius 2 is 0.833 bits per heavy atom. The number of pyridine rings is 8. The van der Waals surface area contributed by atoms with Crippen molar-refractivity contribution >= 4 is 130 Å². The Morgan fingerprint density at radius 1 is 0.485 bits per heavy atom. The molecule has 8 aromatic heterocycles. The number of aryl methyl sites for hydroxylation is 5. The number of hydrogen-bond donors (Lipinski definition) is 5. The van der Waals surface area contributed by atoms with Crippen molar-refractivity contribution in [2.75, 3.05) is 22.9 Å². The summed E-state index contributed by atoms with van der Waals surface area (Å²) in [5.74, 6) is 0. The Labute approximate surface area is 649 Å². The SMILES string of the molecule is C.Cc1ccc2c(N)cc(=O)[nH]c2n1.Cc1ccc2c(N)cc(C)nc2n1.Cc1ccc2c(N)cc(Cl)nc2n1.Cc1ccc2c(N)ccnc2n1.Cl.O=P(Cl)(Cl)Cl.[Ar].[Ar].[Ar].[Ar].[Ar].[Ar].[Ar].[Ar]. The number of halogens is 5. The molecule has 0 bridgehead atoms. The molecule has 8 aromatic rings. The summed E-state index contributed by atoms with van der Waals surface area (Å²) in [5.41, 5.74) is 32.5. The maximum Gasteiger partial charge on any atom is 0.339 e. The van der Waals surface area contributed by atoms with Crippen molar-refractivity contribution in [3.63, 3.8) is 0 Å². The zero-order valence-electron chi connectivity index (χ0n) is 34.0. The third kappa shape index (κ3) is 30.1. The van der Waals surface area contributed by atoms with Crippen LogP contribution in [0.4, 0.5) is 22.7 Å². The maximum absolute atomic E-state index is 11.0. The molecule has 0 fully saturated rings. The molecule has 370 valence electrons. The van der Waals surface area contributed by atoms with E-state index in [0.717, 1.165) is 72.7 Å². The molecule has 0 aliphatic carbocycles. The van der Waals surface area contributed by atoms with Crippen molar-refractivity contribution in [3.8, 4) is 0 Å². The first-order valence-corrected chi connectivity index (χ1v) is 21.2. The molecule has 0 radical (unpaired) electrons. The average molecular weight is 1230 g/mol. The van der Waals surface area contributed by atoms with E-state index in [1.54, 1.807) is 18.3 Å². The number of rotatable bonds is 0. The van der Waals surface area contributed by atoms with E-state index in [1.165, 1.54) is 6.07 Å². The predicted octanol–water partition coefficient (Wildman–Crippen LogP) is 10.2. The van der Waals surface area contributed by atoms with E-state index in [4.69, 9.17) is 34.5 Å². The van der Waals surface area contributed by atoms with Crippen LogP contribution in [-0.2, 0) is 4.57 Å². The molecule has 28 heteroatoms. The van der Waals surface area contributed by atoms with Gasteiger partial charge in [0.05, 0.1) is 0 Å². The van der Waals surface area contributed by atoms with Crippen molar-refractivity contribution in [2.45, 2.75) is 42.0 Å². The van der Waals surface area contributed by atoms with E-state index in [-0.39, 0.29) is 327 Å². The summed E-state index contributed by atoms with van der Waals surface area (Å²) in [6.45, 7) is 9.56. The van der Waals surface area contributed by atoms with E-state index in [2.05, 4.69) is 73.6 Å². The summed E-state index contributed by atoms with van der Waals surface area (Å²) in [4.78, 5) is 43.1. The fraction of sp³-hybridized carbons (Fsp3) is 0.158. The minimum Gasteiger partial charge on any atom is -0.398 e. The number of anilines is 4. The van der Waals surface area contributed by atoms with E-state index < -0.39 is 5.20 Å². The van der Waals surface area contributed by atoms with E-state index in [1.807, 2.05) is 89.2 Å². The second-order valence-corrected chi connectivity index (χ2v) is 19.1. The molecule has 0 aliphatic heterocycles. The van der Waals surface area contributed by atoms with Crippen LogP contribution in [-0.4, -0.2) is 39.9 Å². The van der Waals surface area contributed by atoms with Crippen molar-refractivity contribution < 1.29 is 306 Å². The number of hydrogen-bond acceptors (Lipinski definition) is 13. The van der Waals surface area contributed by atoms with Crippen molar-refractivity contribution in [1.29, 1.82) is 0 Å². The van der Waals surface area contributed by atoms with Gasteiger partial charge in [0, 0.05) is 387 Å². The van der Waals surface area contributed by atoms with Gasteiger partial charge >= 0.3 is 5.20 Å². The molecule has 0 saturated heterocycles. The van der Waals surface area contributed by atoms with Crippen LogP contribution in [0, 0.1) is 337 Å². The van der Waals surface area contributed by atoms with Gasteiger partial charge in [-0.3, -0.25) is 9.36 Å². The van der Waals surface area contributed by atoms with Gasteiger partial charge in [-0.15, -0.1) is 12.4 Å².